The molecule has 1 amide bonds. The molecule has 130 valence electrons. The van der Waals surface area contributed by atoms with Crippen molar-refractivity contribution in [2.24, 2.45) is 10.4 Å². The number of guanidine groups is 1. The molecule has 1 saturated heterocycles. The third-order valence-electron chi connectivity index (χ3n) is 5.48. The van der Waals surface area contributed by atoms with Crippen molar-refractivity contribution in [2.45, 2.75) is 32.1 Å². The fraction of sp³-hybridized carbons (Fsp3) is 0.579. The highest BCUT2D eigenvalue weighted by Gasteiger charge is 2.43. The normalized spacial score (nSPS) is 19.2. The second-order valence-corrected chi connectivity index (χ2v) is 7.03. The molecule has 1 aromatic carbocycles. The maximum Gasteiger partial charge on any atom is 0.251 e. The summed E-state index contributed by atoms with van der Waals surface area (Å²) in [5, 5.41) is 6.15. The molecule has 1 aromatic rings. The number of carbonyl (C=O) groups excluding carboxylic acids is 1. The van der Waals surface area contributed by atoms with Gasteiger partial charge in [0.05, 0.1) is 0 Å². The fourth-order valence-electron chi connectivity index (χ4n) is 3.86. The zero-order valence-corrected chi connectivity index (χ0v) is 14.8. The third-order valence-corrected chi connectivity index (χ3v) is 5.48. The van der Waals surface area contributed by atoms with Crippen LogP contribution >= 0.6 is 0 Å². The van der Waals surface area contributed by atoms with E-state index in [1.807, 2.05) is 25.2 Å². The lowest BCUT2D eigenvalue weighted by Crippen LogP contribution is -2.43. The summed E-state index contributed by atoms with van der Waals surface area (Å²) in [7, 11) is 3.52. The lowest BCUT2D eigenvalue weighted by molar-refractivity contribution is 0.0963. The Morgan fingerprint density at radius 2 is 2.17 bits per heavy atom. The van der Waals surface area contributed by atoms with Crippen LogP contribution in [0.5, 0.6) is 0 Å². The molecule has 5 heteroatoms. The second kappa shape index (κ2) is 7.24. The van der Waals surface area contributed by atoms with Gasteiger partial charge in [0.2, 0.25) is 0 Å². The van der Waals surface area contributed by atoms with Gasteiger partial charge in [-0.2, -0.15) is 0 Å². The van der Waals surface area contributed by atoms with Crippen LogP contribution in [0.25, 0.3) is 0 Å². The van der Waals surface area contributed by atoms with Gasteiger partial charge in [-0.25, -0.2) is 0 Å². The van der Waals surface area contributed by atoms with Crippen LogP contribution in [0.3, 0.4) is 0 Å². The van der Waals surface area contributed by atoms with E-state index in [4.69, 9.17) is 0 Å². The summed E-state index contributed by atoms with van der Waals surface area (Å²) in [5.74, 6) is 0.977. The molecular formula is C19H28N4O. The largest absolute Gasteiger partial charge is 0.356 e. The minimum Gasteiger partial charge on any atom is -0.356 e. The molecule has 0 bridgehead atoms. The second-order valence-electron chi connectivity index (χ2n) is 7.03. The van der Waals surface area contributed by atoms with Gasteiger partial charge < -0.3 is 15.5 Å². The predicted octanol–water partition coefficient (Wildman–Crippen LogP) is 2.04. The maximum atomic E-state index is 11.7. The van der Waals surface area contributed by atoms with Gasteiger partial charge in [-0.3, -0.25) is 9.79 Å². The van der Waals surface area contributed by atoms with Crippen LogP contribution in [0, 0.1) is 5.41 Å². The smallest absolute Gasteiger partial charge is 0.251 e. The first-order chi connectivity index (χ1) is 11.7. The number of rotatable bonds is 4. The van der Waals surface area contributed by atoms with Crippen molar-refractivity contribution in [1.29, 1.82) is 0 Å². The van der Waals surface area contributed by atoms with Gasteiger partial charge in [0.25, 0.3) is 5.91 Å². The van der Waals surface area contributed by atoms with E-state index >= 15 is 0 Å². The molecule has 1 saturated carbocycles. The summed E-state index contributed by atoms with van der Waals surface area (Å²) < 4.78 is 0. The van der Waals surface area contributed by atoms with Crippen LogP contribution in [0.1, 0.15) is 41.6 Å². The molecule has 2 fully saturated rings. The SMILES string of the molecule is CN=C(NCCc1cccc(C(=O)NC)c1)N1CCC2(CCC2)C1. The van der Waals surface area contributed by atoms with Gasteiger partial charge in [0, 0.05) is 39.3 Å². The van der Waals surface area contributed by atoms with Crippen molar-refractivity contribution in [2.75, 3.05) is 33.7 Å². The van der Waals surface area contributed by atoms with Crippen LogP contribution in [0.4, 0.5) is 0 Å². The number of aliphatic imine (C=N–C) groups is 1. The van der Waals surface area contributed by atoms with Gasteiger partial charge in [-0.15, -0.1) is 0 Å². The van der Waals surface area contributed by atoms with Crippen LogP contribution in [-0.2, 0) is 6.42 Å². The highest BCUT2D eigenvalue weighted by atomic mass is 16.1. The minimum atomic E-state index is -0.0384. The first kappa shape index (κ1) is 16.8. The van der Waals surface area contributed by atoms with E-state index in [1.54, 1.807) is 7.05 Å². The highest BCUT2D eigenvalue weighted by Crippen LogP contribution is 2.47. The standard InChI is InChI=1S/C19H28N4O/c1-20-17(24)16-6-3-5-15(13-16)7-11-22-18(21-2)23-12-10-19(14-23)8-4-9-19/h3,5-6,13H,4,7-12,14H2,1-2H3,(H,20,24)(H,21,22). The molecule has 5 nitrogen and oxygen atoms in total. The van der Waals surface area contributed by atoms with Gasteiger partial charge >= 0.3 is 0 Å². The van der Waals surface area contributed by atoms with Crippen molar-refractivity contribution >= 4 is 11.9 Å². The molecule has 24 heavy (non-hydrogen) atoms. The topological polar surface area (TPSA) is 56.7 Å². The summed E-state index contributed by atoms with van der Waals surface area (Å²) in [4.78, 5) is 18.6. The monoisotopic (exact) mass is 328 g/mol. The van der Waals surface area contributed by atoms with Gasteiger partial charge in [-0.1, -0.05) is 18.6 Å². The number of likely N-dealkylation sites (tertiary alicyclic amines) is 1. The van der Waals surface area contributed by atoms with E-state index in [0.717, 1.165) is 37.6 Å². The van der Waals surface area contributed by atoms with Crippen molar-refractivity contribution in [3.63, 3.8) is 0 Å². The molecule has 0 unspecified atom stereocenters. The lowest BCUT2D eigenvalue weighted by Gasteiger charge is -2.38. The average molecular weight is 328 g/mol. The Kier molecular flexibility index (Phi) is 5.07. The number of amides is 1. The first-order valence-corrected chi connectivity index (χ1v) is 8.92. The van der Waals surface area contributed by atoms with Crippen molar-refractivity contribution in [1.82, 2.24) is 15.5 Å². The number of nitrogens with zero attached hydrogens (tertiary/aromatic N) is 2. The number of nitrogens with one attached hydrogen (secondary N) is 2. The lowest BCUT2D eigenvalue weighted by atomic mass is 9.68. The average Bonchev–Trinajstić information content (AvgIpc) is 3.04. The number of hydrogen-bond acceptors (Lipinski definition) is 2. The molecule has 3 rings (SSSR count). The Balaban J connectivity index is 1.51. The molecule has 1 spiro atoms. The quantitative estimate of drug-likeness (QED) is 0.657. The summed E-state index contributed by atoms with van der Waals surface area (Å²) in [5.41, 5.74) is 2.46. The summed E-state index contributed by atoms with van der Waals surface area (Å²) in [6, 6.07) is 7.81. The van der Waals surface area contributed by atoms with Crippen LogP contribution in [0.2, 0.25) is 0 Å². The summed E-state index contributed by atoms with van der Waals surface area (Å²) in [6.07, 6.45) is 6.34. The molecule has 1 aliphatic carbocycles. The molecule has 2 N–H and O–H groups in total. The van der Waals surface area contributed by atoms with E-state index in [1.165, 1.54) is 25.7 Å². The van der Waals surface area contributed by atoms with E-state index in [-0.39, 0.29) is 5.91 Å². The zero-order chi connectivity index (χ0) is 17.0. The van der Waals surface area contributed by atoms with Crippen molar-refractivity contribution < 1.29 is 4.79 Å². The van der Waals surface area contributed by atoms with Crippen LogP contribution in [-0.4, -0.2) is 50.5 Å². The first-order valence-electron chi connectivity index (χ1n) is 8.92. The number of hydrogen-bond donors (Lipinski definition) is 2. The number of benzene rings is 1. The van der Waals surface area contributed by atoms with Gasteiger partial charge in [0.1, 0.15) is 0 Å². The Bertz CT molecular complexity index is 622. The summed E-state index contributed by atoms with van der Waals surface area (Å²) >= 11 is 0. The minimum absolute atomic E-state index is 0.0384. The highest BCUT2D eigenvalue weighted by molar-refractivity contribution is 5.94. The Morgan fingerprint density at radius 1 is 1.33 bits per heavy atom. The Hall–Kier alpha value is -2.04. The molecular weight excluding hydrogens is 300 g/mol. The zero-order valence-electron chi connectivity index (χ0n) is 14.8. The summed E-state index contributed by atoms with van der Waals surface area (Å²) in [6.45, 7) is 3.10. The molecule has 1 heterocycles. The van der Waals surface area contributed by atoms with E-state index in [0.29, 0.717) is 11.0 Å². The maximum absolute atomic E-state index is 11.7. The van der Waals surface area contributed by atoms with Gasteiger partial charge in [-0.05, 0) is 48.8 Å². The Morgan fingerprint density at radius 3 is 2.79 bits per heavy atom. The van der Waals surface area contributed by atoms with Crippen LogP contribution in [0.15, 0.2) is 29.3 Å². The molecule has 2 aliphatic rings. The predicted molar refractivity (Wildman–Crippen MR) is 97.4 cm³/mol. The fourth-order valence-corrected chi connectivity index (χ4v) is 3.86. The van der Waals surface area contributed by atoms with E-state index in [9.17, 15) is 4.79 Å². The Labute approximate surface area is 144 Å². The molecule has 1 aliphatic heterocycles. The van der Waals surface area contributed by atoms with Crippen molar-refractivity contribution in [3.05, 3.63) is 35.4 Å². The van der Waals surface area contributed by atoms with Crippen LogP contribution < -0.4 is 10.6 Å². The number of carbonyl (C=O) groups is 1. The molecule has 0 radical (unpaired) electrons. The van der Waals surface area contributed by atoms with Crippen molar-refractivity contribution in [3.8, 4) is 0 Å². The van der Waals surface area contributed by atoms with E-state index < -0.39 is 0 Å². The molecule has 0 aromatic heterocycles. The molecule has 0 atom stereocenters. The van der Waals surface area contributed by atoms with Gasteiger partial charge in [0.15, 0.2) is 5.96 Å². The third kappa shape index (κ3) is 3.55. The van der Waals surface area contributed by atoms with E-state index in [2.05, 4.69) is 26.6 Å².